The summed E-state index contributed by atoms with van der Waals surface area (Å²) < 4.78 is 5.62. The number of rotatable bonds is 4. The van der Waals surface area contributed by atoms with Crippen molar-refractivity contribution >= 4 is 6.08 Å². The predicted molar refractivity (Wildman–Crippen MR) is 54.8 cm³/mol. The Labute approximate surface area is 79.0 Å². The minimum Gasteiger partial charge on any atom is -0.493 e. The van der Waals surface area contributed by atoms with Crippen LogP contribution in [0.4, 0.5) is 0 Å². The van der Waals surface area contributed by atoms with E-state index in [1.54, 1.807) is 0 Å². The van der Waals surface area contributed by atoms with Crippen LogP contribution < -0.4 is 4.74 Å². The maximum absolute atomic E-state index is 5.62. The summed E-state index contributed by atoms with van der Waals surface area (Å²) in [5, 5.41) is 0. The minimum absolute atomic E-state index is 0.812. The summed E-state index contributed by atoms with van der Waals surface area (Å²) in [6.45, 7) is 4.60. The molecular formula is C12H14O. The average molecular weight is 174 g/mol. The topological polar surface area (TPSA) is 9.23 Å². The van der Waals surface area contributed by atoms with E-state index in [4.69, 9.17) is 4.74 Å². The summed E-state index contributed by atoms with van der Waals surface area (Å²) >= 11 is 0. The highest BCUT2D eigenvalue weighted by Gasteiger charge is 2.21. The molecule has 0 amide bonds. The van der Waals surface area contributed by atoms with E-state index in [1.165, 1.54) is 12.8 Å². The average Bonchev–Trinajstić information content (AvgIpc) is 2.99. The van der Waals surface area contributed by atoms with Crippen LogP contribution >= 0.6 is 0 Å². The van der Waals surface area contributed by atoms with E-state index >= 15 is 0 Å². The molecular weight excluding hydrogens is 160 g/mol. The highest BCUT2D eigenvalue weighted by molar-refractivity contribution is 5.49. The summed E-state index contributed by atoms with van der Waals surface area (Å²) in [6.07, 6.45) is 4.51. The summed E-state index contributed by atoms with van der Waals surface area (Å²) in [4.78, 5) is 0. The van der Waals surface area contributed by atoms with E-state index in [2.05, 4.69) is 6.58 Å². The molecule has 0 heterocycles. The normalized spacial score (nSPS) is 15.4. The lowest BCUT2D eigenvalue weighted by molar-refractivity contribution is 0.300. The molecule has 0 atom stereocenters. The van der Waals surface area contributed by atoms with Crippen LogP contribution in [-0.4, -0.2) is 6.61 Å². The first-order valence-corrected chi connectivity index (χ1v) is 4.74. The molecule has 0 saturated heterocycles. The highest BCUT2D eigenvalue weighted by atomic mass is 16.5. The summed E-state index contributed by atoms with van der Waals surface area (Å²) in [6, 6.07) is 8.04. The number of benzene rings is 1. The zero-order valence-electron chi connectivity index (χ0n) is 7.70. The Kier molecular flexibility index (Phi) is 2.35. The van der Waals surface area contributed by atoms with Crippen LogP contribution in [0.15, 0.2) is 30.8 Å². The molecule has 68 valence electrons. The van der Waals surface area contributed by atoms with Crippen molar-refractivity contribution in [1.82, 2.24) is 0 Å². The van der Waals surface area contributed by atoms with Crippen LogP contribution in [-0.2, 0) is 0 Å². The number of ether oxygens (including phenoxy) is 1. The lowest BCUT2D eigenvalue weighted by Crippen LogP contribution is -1.98. The van der Waals surface area contributed by atoms with Gasteiger partial charge in [-0.15, -0.1) is 0 Å². The molecule has 0 bridgehead atoms. The van der Waals surface area contributed by atoms with Gasteiger partial charge < -0.3 is 4.74 Å². The number of hydrogen-bond donors (Lipinski definition) is 0. The lowest BCUT2D eigenvalue weighted by Gasteiger charge is -2.05. The van der Waals surface area contributed by atoms with Crippen molar-refractivity contribution in [1.29, 1.82) is 0 Å². The van der Waals surface area contributed by atoms with Crippen LogP contribution in [0.2, 0.25) is 0 Å². The molecule has 1 nitrogen and oxygen atoms in total. The Morgan fingerprint density at radius 1 is 1.46 bits per heavy atom. The fourth-order valence-corrected chi connectivity index (χ4v) is 1.23. The fourth-order valence-electron chi connectivity index (χ4n) is 1.23. The van der Waals surface area contributed by atoms with Gasteiger partial charge in [0.05, 0.1) is 6.61 Å². The van der Waals surface area contributed by atoms with Crippen LogP contribution in [0.5, 0.6) is 5.75 Å². The number of hydrogen-bond acceptors (Lipinski definition) is 1. The molecule has 1 heteroatoms. The van der Waals surface area contributed by atoms with Crippen molar-refractivity contribution in [2.75, 3.05) is 6.61 Å². The molecule has 2 rings (SSSR count). The van der Waals surface area contributed by atoms with Gasteiger partial charge in [0.25, 0.3) is 0 Å². The van der Waals surface area contributed by atoms with Gasteiger partial charge in [0.15, 0.2) is 0 Å². The van der Waals surface area contributed by atoms with Crippen molar-refractivity contribution in [2.24, 2.45) is 5.92 Å². The Bertz CT molecular complexity index is 300. The van der Waals surface area contributed by atoms with Crippen molar-refractivity contribution in [3.8, 4) is 5.75 Å². The molecule has 0 aliphatic heterocycles. The molecule has 0 aromatic heterocycles. The van der Waals surface area contributed by atoms with Gasteiger partial charge in [-0.25, -0.2) is 0 Å². The van der Waals surface area contributed by atoms with E-state index in [-0.39, 0.29) is 0 Å². The molecule has 1 fully saturated rings. The molecule has 1 aromatic rings. The van der Waals surface area contributed by atoms with E-state index in [1.807, 2.05) is 30.3 Å². The van der Waals surface area contributed by atoms with Crippen LogP contribution in [0, 0.1) is 5.92 Å². The zero-order valence-corrected chi connectivity index (χ0v) is 7.70. The van der Waals surface area contributed by atoms with E-state index in [0.717, 1.165) is 23.8 Å². The summed E-state index contributed by atoms with van der Waals surface area (Å²) in [5.74, 6) is 1.77. The first-order valence-electron chi connectivity index (χ1n) is 4.74. The smallest absolute Gasteiger partial charge is 0.119 e. The van der Waals surface area contributed by atoms with Gasteiger partial charge in [-0.05, 0) is 36.5 Å². The second-order valence-corrected chi connectivity index (χ2v) is 3.53. The SMILES string of the molecule is C=Cc1cccc(OCC2CC2)c1. The van der Waals surface area contributed by atoms with E-state index in [9.17, 15) is 0 Å². The van der Waals surface area contributed by atoms with Gasteiger partial charge in [-0.3, -0.25) is 0 Å². The molecule has 1 aliphatic rings. The van der Waals surface area contributed by atoms with Gasteiger partial charge in [0.2, 0.25) is 0 Å². The third kappa shape index (κ3) is 2.35. The Hall–Kier alpha value is -1.24. The van der Waals surface area contributed by atoms with E-state index < -0.39 is 0 Å². The molecule has 0 N–H and O–H groups in total. The minimum atomic E-state index is 0.812. The van der Waals surface area contributed by atoms with Crippen LogP contribution in [0.1, 0.15) is 18.4 Å². The van der Waals surface area contributed by atoms with E-state index in [0.29, 0.717) is 0 Å². The Morgan fingerprint density at radius 2 is 2.31 bits per heavy atom. The molecule has 1 aliphatic carbocycles. The van der Waals surface area contributed by atoms with Gasteiger partial charge >= 0.3 is 0 Å². The summed E-state index contributed by atoms with van der Waals surface area (Å²) in [5.41, 5.74) is 1.12. The third-order valence-corrected chi connectivity index (χ3v) is 2.28. The Balaban J connectivity index is 1.97. The Morgan fingerprint density at radius 3 is 3.00 bits per heavy atom. The molecule has 0 radical (unpaired) electrons. The van der Waals surface area contributed by atoms with Crippen molar-refractivity contribution < 1.29 is 4.74 Å². The van der Waals surface area contributed by atoms with Crippen LogP contribution in [0.25, 0.3) is 6.08 Å². The largest absolute Gasteiger partial charge is 0.493 e. The van der Waals surface area contributed by atoms with Gasteiger partial charge in [0.1, 0.15) is 5.75 Å². The standard InChI is InChI=1S/C12H14O/c1-2-10-4-3-5-12(8-10)13-9-11-6-7-11/h2-5,8,11H,1,6-7,9H2. The van der Waals surface area contributed by atoms with Gasteiger partial charge in [0, 0.05) is 0 Å². The molecule has 1 aromatic carbocycles. The van der Waals surface area contributed by atoms with Crippen molar-refractivity contribution in [3.63, 3.8) is 0 Å². The fraction of sp³-hybridized carbons (Fsp3) is 0.333. The van der Waals surface area contributed by atoms with Gasteiger partial charge in [-0.1, -0.05) is 24.8 Å². The first kappa shape index (κ1) is 8.36. The maximum Gasteiger partial charge on any atom is 0.119 e. The van der Waals surface area contributed by atoms with Crippen molar-refractivity contribution in [2.45, 2.75) is 12.8 Å². The summed E-state index contributed by atoms with van der Waals surface area (Å²) in [7, 11) is 0. The molecule has 13 heavy (non-hydrogen) atoms. The highest BCUT2D eigenvalue weighted by Crippen LogP contribution is 2.29. The predicted octanol–water partition coefficient (Wildman–Crippen LogP) is 3.12. The molecule has 0 unspecified atom stereocenters. The first-order chi connectivity index (χ1) is 6.38. The zero-order chi connectivity index (χ0) is 9.10. The quantitative estimate of drug-likeness (QED) is 0.681. The van der Waals surface area contributed by atoms with Crippen molar-refractivity contribution in [3.05, 3.63) is 36.4 Å². The van der Waals surface area contributed by atoms with Crippen LogP contribution in [0.3, 0.4) is 0 Å². The second-order valence-electron chi connectivity index (χ2n) is 3.53. The lowest BCUT2D eigenvalue weighted by atomic mass is 10.2. The third-order valence-electron chi connectivity index (χ3n) is 2.28. The second kappa shape index (κ2) is 3.65. The van der Waals surface area contributed by atoms with Gasteiger partial charge in [-0.2, -0.15) is 0 Å². The monoisotopic (exact) mass is 174 g/mol. The molecule has 1 saturated carbocycles. The maximum atomic E-state index is 5.62. The molecule has 0 spiro atoms.